The summed E-state index contributed by atoms with van der Waals surface area (Å²) in [6.07, 6.45) is 1.73. The Morgan fingerprint density at radius 3 is 2.40 bits per heavy atom. The van der Waals surface area contributed by atoms with Crippen LogP contribution in [0.1, 0.15) is 32.0 Å². The summed E-state index contributed by atoms with van der Waals surface area (Å²) < 4.78 is 6.97. The molecule has 0 bridgehead atoms. The Labute approximate surface area is 173 Å². The number of anilines is 2. The molecule has 3 N–H and O–H groups in total. The molecule has 30 heavy (non-hydrogen) atoms. The molecule has 0 aliphatic rings. The largest absolute Gasteiger partial charge is 0.495 e. The van der Waals surface area contributed by atoms with Crippen LogP contribution in [-0.2, 0) is 0 Å². The van der Waals surface area contributed by atoms with Crippen molar-refractivity contribution in [1.29, 1.82) is 0 Å². The maximum Gasteiger partial charge on any atom is 0.260 e. The Kier molecular flexibility index (Phi) is 4.98. The van der Waals surface area contributed by atoms with E-state index in [0.29, 0.717) is 22.5 Å². The number of ketones is 1. The highest BCUT2D eigenvalue weighted by molar-refractivity contribution is 6.20. The van der Waals surface area contributed by atoms with Crippen LogP contribution in [0, 0.1) is 6.92 Å². The van der Waals surface area contributed by atoms with Crippen molar-refractivity contribution >= 4 is 28.6 Å². The van der Waals surface area contributed by atoms with Crippen LogP contribution in [0.5, 0.6) is 5.75 Å². The molecule has 4 aromatic rings. The van der Waals surface area contributed by atoms with Crippen LogP contribution in [0.15, 0.2) is 72.9 Å². The Balaban J connectivity index is 1.81. The first-order chi connectivity index (χ1) is 14.5. The van der Waals surface area contributed by atoms with Crippen LogP contribution >= 0.6 is 0 Å². The maximum atomic E-state index is 13.2. The lowest BCUT2D eigenvalue weighted by atomic mass is 10.0. The molecule has 0 radical (unpaired) electrons. The summed E-state index contributed by atoms with van der Waals surface area (Å²) in [5, 5.41) is 2.84. The van der Waals surface area contributed by atoms with Gasteiger partial charge in [0.15, 0.2) is 0 Å². The minimum absolute atomic E-state index is 0.138. The lowest BCUT2D eigenvalue weighted by Gasteiger charge is -2.10. The average molecular weight is 399 g/mol. The maximum absolute atomic E-state index is 13.2. The van der Waals surface area contributed by atoms with Crippen molar-refractivity contribution in [2.75, 3.05) is 18.2 Å². The molecule has 6 heteroatoms. The molecule has 4 rings (SSSR count). The number of nitrogens with two attached hydrogens (primary N) is 1. The number of benzene rings is 2. The van der Waals surface area contributed by atoms with Crippen molar-refractivity contribution in [2.45, 2.75) is 6.92 Å². The predicted molar refractivity (Wildman–Crippen MR) is 117 cm³/mol. The van der Waals surface area contributed by atoms with E-state index in [-0.39, 0.29) is 22.7 Å². The molecule has 0 spiro atoms. The summed E-state index contributed by atoms with van der Waals surface area (Å²) in [7, 11) is 1.53. The van der Waals surface area contributed by atoms with Gasteiger partial charge in [-0.1, -0.05) is 48.0 Å². The Bertz CT molecular complexity index is 1260. The van der Waals surface area contributed by atoms with Crippen molar-refractivity contribution in [2.24, 2.45) is 0 Å². The van der Waals surface area contributed by atoms with Crippen LogP contribution in [-0.4, -0.2) is 23.2 Å². The van der Waals surface area contributed by atoms with E-state index in [9.17, 15) is 9.59 Å². The average Bonchev–Trinajstić information content (AvgIpc) is 3.06. The van der Waals surface area contributed by atoms with Gasteiger partial charge in [-0.05, 0) is 31.2 Å². The summed E-state index contributed by atoms with van der Waals surface area (Å²) in [6.45, 7) is 1.95. The van der Waals surface area contributed by atoms with Gasteiger partial charge in [0, 0.05) is 11.8 Å². The van der Waals surface area contributed by atoms with Crippen molar-refractivity contribution in [3.05, 3.63) is 95.3 Å². The van der Waals surface area contributed by atoms with Gasteiger partial charge in [-0.25, -0.2) is 0 Å². The smallest absolute Gasteiger partial charge is 0.260 e. The number of nitrogen functional groups attached to an aromatic ring is 1. The molecule has 2 aromatic carbocycles. The molecular formula is C24H21N3O3. The van der Waals surface area contributed by atoms with E-state index in [1.807, 2.05) is 25.1 Å². The fraction of sp³-hybridized carbons (Fsp3) is 0.0833. The molecule has 2 heterocycles. The number of aromatic nitrogens is 1. The number of para-hydroxylation sites is 2. The number of fused-ring (bicyclic) bond motifs is 1. The number of nitrogens with zero attached hydrogens (tertiary/aromatic N) is 1. The summed E-state index contributed by atoms with van der Waals surface area (Å²) >= 11 is 0. The van der Waals surface area contributed by atoms with Gasteiger partial charge in [0.25, 0.3) is 5.91 Å². The quantitative estimate of drug-likeness (QED) is 0.489. The van der Waals surface area contributed by atoms with Gasteiger partial charge in [0.1, 0.15) is 11.4 Å². The molecule has 0 unspecified atom stereocenters. The van der Waals surface area contributed by atoms with E-state index in [2.05, 4.69) is 5.32 Å². The lowest BCUT2D eigenvalue weighted by Crippen LogP contribution is -2.14. The number of nitrogens with one attached hydrogen (secondary N) is 1. The van der Waals surface area contributed by atoms with Crippen LogP contribution < -0.4 is 15.8 Å². The second-order valence-corrected chi connectivity index (χ2v) is 6.94. The summed E-state index contributed by atoms with van der Waals surface area (Å²) in [4.78, 5) is 26.4. The zero-order valence-corrected chi connectivity index (χ0v) is 16.7. The number of ether oxygens (including phenoxy) is 1. The highest BCUT2D eigenvalue weighted by Crippen LogP contribution is 2.31. The summed E-state index contributed by atoms with van der Waals surface area (Å²) in [5.41, 5.74) is 9.66. The molecular weight excluding hydrogens is 378 g/mol. The number of hydrogen-bond donors (Lipinski definition) is 2. The van der Waals surface area contributed by atoms with Crippen LogP contribution in [0.25, 0.3) is 5.52 Å². The van der Waals surface area contributed by atoms with Crippen molar-refractivity contribution in [1.82, 2.24) is 4.40 Å². The van der Waals surface area contributed by atoms with Gasteiger partial charge in [-0.2, -0.15) is 0 Å². The van der Waals surface area contributed by atoms with Crippen LogP contribution in [0.2, 0.25) is 0 Å². The van der Waals surface area contributed by atoms with E-state index < -0.39 is 5.91 Å². The summed E-state index contributed by atoms with van der Waals surface area (Å²) in [5.74, 6) is -0.127. The van der Waals surface area contributed by atoms with Gasteiger partial charge >= 0.3 is 0 Å². The lowest BCUT2D eigenvalue weighted by molar-refractivity contribution is 0.102. The monoisotopic (exact) mass is 399 g/mol. The van der Waals surface area contributed by atoms with Gasteiger partial charge < -0.3 is 20.2 Å². The molecule has 6 nitrogen and oxygen atoms in total. The molecule has 1 amide bonds. The number of carbonyl (C=O) groups excluding carboxylic acids is 2. The van der Waals surface area contributed by atoms with E-state index in [0.717, 1.165) is 5.56 Å². The van der Waals surface area contributed by atoms with E-state index in [1.54, 1.807) is 59.1 Å². The number of amides is 1. The second-order valence-electron chi connectivity index (χ2n) is 6.94. The highest BCUT2D eigenvalue weighted by atomic mass is 16.5. The number of pyridine rings is 1. The number of hydrogen-bond acceptors (Lipinski definition) is 4. The molecule has 0 saturated heterocycles. The Morgan fingerprint density at radius 2 is 1.67 bits per heavy atom. The van der Waals surface area contributed by atoms with E-state index in [1.165, 1.54) is 7.11 Å². The van der Waals surface area contributed by atoms with Gasteiger partial charge in [-0.3, -0.25) is 9.59 Å². The molecule has 0 saturated carbocycles. The first-order valence-corrected chi connectivity index (χ1v) is 9.45. The first kappa shape index (κ1) is 19.3. The molecule has 0 aliphatic carbocycles. The van der Waals surface area contributed by atoms with Crippen molar-refractivity contribution in [3.63, 3.8) is 0 Å². The van der Waals surface area contributed by atoms with Gasteiger partial charge in [0.2, 0.25) is 5.78 Å². The molecule has 0 atom stereocenters. The molecule has 2 aromatic heterocycles. The zero-order chi connectivity index (χ0) is 21.3. The molecule has 0 aliphatic heterocycles. The number of methoxy groups -OCH3 is 1. The predicted octanol–water partition coefficient (Wildman–Crippen LogP) is 4.32. The normalized spacial score (nSPS) is 10.7. The van der Waals surface area contributed by atoms with Crippen LogP contribution in [0.3, 0.4) is 0 Å². The molecule has 150 valence electrons. The number of aryl methyl sites for hydroxylation is 1. The zero-order valence-electron chi connectivity index (χ0n) is 16.7. The fourth-order valence-electron chi connectivity index (χ4n) is 3.47. The third-order valence-electron chi connectivity index (χ3n) is 4.99. The number of carbonyl (C=O) groups is 2. The SMILES string of the molecule is COc1ccccc1NC(=O)c1c(N)c(C(=O)c2ccc(C)cc2)n2ccccc12. The second kappa shape index (κ2) is 7.75. The minimum Gasteiger partial charge on any atom is -0.495 e. The number of rotatable bonds is 5. The van der Waals surface area contributed by atoms with Crippen molar-refractivity contribution < 1.29 is 14.3 Å². The van der Waals surface area contributed by atoms with E-state index in [4.69, 9.17) is 10.5 Å². The third kappa shape index (κ3) is 3.28. The first-order valence-electron chi connectivity index (χ1n) is 9.45. The van der Waals surface area contributed by atoms with Gasteiger partial charge in [0.05, 0.1) is 29.6 Å². The minimum atomic E-state index is -0.413. The summed E-state index contributed by atoms with van der Waals surface area (Å²) in [6, 6.07) is 19.7. The van der Waals surface area contributed by atoms with Crippen LogP contribution in [0.4, 0.5) is 11.4 Å². The van der Waals surface area contributed by atoms with Gasteiger partial charge in [-0.15, -0.1) is 0 Å². The van der Waals surface area contributed by atoms with Crippen molar-refractivity contribution in [3.8, 4) is 5.75 Å². The fourth-order valence-corrected chi connectivity index (χ4v) is 3.47. The van der Waals surface area contributed by atoms with E-state index >= 15 is 0 Å². The Hall–Kier alpha value is -4.06. The topological polar surface area (TPSA) is 85.8 Å². The third-order valence-corrected chi connectivity index (χ3v) is 4.99. The standard InChI is InChI=1S/C24H21N3O3/c1-15-10-12-16(13-11-15)23(28)22-21(25)20(18-8-5-6-14-27(18)22)24(29)26-17-7-3-4-9-19(17)30-2/h3-14H,25H2,1-2H3,(H,26,29). The Morgan fingerprint density at radius 1 is 0.967 bits per heavy atom. The highest BCUT2D eigenvalue weighted by Gasteiger charge is 2.26. The molecule has 0 fully saturated rings.